The molecule has 1 aromatic carbocycles. The number of piperidine rings is 1. The summed E-state index contributed by atoms with van der Waals surface area (Å²) in [5.41, 5.74) is 0.641. The van der Waals surface area contributed by atoms with Crippen molar-refractivity contribution in [2.45, 2.75) is 38.0 Å². The fraction of sp³-hybridized carbons (Fsp3) is 0.583. The number of rotatable bonds is 6. The Hall–Kier alpha value is -2.44. The molecule has 0 saturated carbocycles. The lowest BCUT2D eigenvalue weighted by Crippen LogP contribution is -2.53. The topological polar surface area (TPSA) is 65.9 Å². The first-order valence-electron chi connectivity index (χ1n) is 12.0. The van der Waals surface area contributed by atoms with Crippen LogP contribution in [0, 0.1) is 0 Å². The third-order valence-electron chi connectivity index (χ3n) is 7.20. The third-order valence-corrected chi connectivity index (χ3v) is 7.61. The van der Waals surface area contributed by atoms with Crippen molar-refractivity contribution >= 4 is 29.5 Å². The van der Waals surface area contributed by atoms with Crippen LogP contribution in [0.4, 0.5) is 29.5 Å². The minimum atomic E-state index is -4.39. The molecule has 2 aromatic rings. The van der Waals surface area contributed by atoms with Crippen LogP contribution in [-0.2, 0) is 17.5 Å². The van der Waals surface area contributed by atoms with E-state index in [4.69, 9.17) is 4.74 Å². The van der Waals surface area contributed by atoms with Crippen LogP contribution in [-0.4, -0.2) is 83.8 Å². The average Bonchev–Trinajstić information content (AvgIpc) is 3.33. The van der Waals surface area contributed by atoms with Crippen molar-refractivity contribution in [3.63, 3.8) is 0 Å². The highest BCUT2D eigenvalue weighted by Crippen LogP contribution is 2.36. The number of carbonyl (C=O) groups excluding carboxylic acids is 1. The summed E-state index contributed by atoms with van der Waals surface area (Å²) in [5.74, 6) is 0.630. The minimum absolute atomic E-state index is 0.161. The zero-order valence-electron chi connectivity index (χ0n) is 20.8. The van der Waals surface area contributed by atoms with Gasteiger partial charge in [-0.2, -0.15) is 17.9 Å². The monoisotopic (exact) mass is 526 g/mol. The smallest absolute Gasteiger partial charge is 0.378 e. The first-order valence-corrected chi connectivity index (χ1v) is 13.2. The van der Waals surface area contributed by atoms with Crippen molar-refractivity contribution in [2.24, 2.45) is 0 Å². The maximum Gasteiger partial charge on any atom is 0.416 e. The molecule has 8 nitrogen and oxygen atoms in total. The lowest BCUT2D eigenvalue weighted by atomic mass is 9.87. The second kappa shape index (κ2) is 10.9. The van der Waals surface area contributed by atoms with E-state index in [1.54, 1.807) is 23.2 Å². The molecule has 36 heavy (non-hydrogen) atoms. The molecule has 3 heterocycles. The van der Waals surface area contributed by atoms with E-state index < -0.39 is 11.7 Å². The van der Waals surface area contributed by atoms with Gasteiger partial charge in [-0.05, 0) is 44.5 Å². The number of carbonyl (C=O) groups is 1. The zero-order chi connectivity index (χ0) is 25.9. The lowest BCUT2D eigenvalue weighted by Gasteiger charge is -2.45. The molecule has 2 fully saturated rings. The van der Waals surface area contributed by atoms with Crippen LogP contribution < -0.4 is 9.62 Å². The normalized spacial score (nSPS) is 18.5. The molecule has 0 bridgehead atoms. The number of nitrogens with one attached hydrogen (secondary N) is 1. The van der Waals surface area contributed by atoms with Gasteiger partial charge >= 0.3 is 12.2 Å². The van der Waals surface area contributed by atoms with Crippen LogP contribution in [0.1, 0.15) is 30.9 Å². The van der Waals surface area contributed by atoms with E-state index in [0.717, 1.165) is 18.4 Å². The molecule has 0 unspecified atom stereocenters. The highest BCUT2D eigenvalue weighted by atomic mass is 32.2. The number of alkyl halides is 3. The van der Waals surface area contributed by atoms with Crippen molar-refractivity contribution in [1.29, 1.82) is 0 Å². The van der Waals surface area contributed by atoms with E-state index in [0.29, 0.717) is 57.4 Å². The molecule has 0 atom stereocenters. The maximum atomic E-state index is 13.4. The first-order chi connectivity index (χ1) is 17.1. The van der Waals surface area contributed by atoms with Gasteiger partial charge in [0.15, 0.2) is 5.82 Å². The van der Waals surface area contributed by atoms with Crippen molar-refractivity contribution in [1.82, 2.24) is 19.6 Å². The van der Waals surface area contributed by atoms with Gasteiger partial charge < -0.3 is 19.3 Å². The number of morpholine rings is 1. The molecule has 1 aromatic heterocycles. The fourth-order valence-electron chi connectivity index (χ4n) is 4.71. The van der Waals surface area contributed by atoms with Gasteiger partial charge in [0, 0.05) is 62.5 Å². The van der Waals surface area contributed by atoms with Gasteiger partial charge in [0.05, 0.1) is 18.8 Å². The van der Waals surface area contributed by atoms with E-state index in [9.17, 15) is 18.0 Å². The predicted octanol–water partition coefficient (Wildman–Crippen LogP) is 4.38. The molecule has 12 heteroatoms. The standard InChI is InChI=1S/C24H33F3N6O2S/c1-23(7-10-32(11-8-23)22(34)33-9-6-21(28-33)29-36-3)30(2)17-18-4-5-19(24(25,26)27)16-20(18)31-12-14-35-15-13-31/h4-6,9,16H,7-8,10-15,17H2,1-3H3,(H,28,29). The van der Waals surface area contributed by atoms with Gasteiger partial charge in [0.2, 0.25) is 0 Å². The first kappa shape index (κ1) is 26.6. The third kappa shape index (κ3) is 5.92. The summed E-state index contributed by atoms with van der Waals surface area (Å²) in [4.78, 5) is 18.9. The molecular weight excluding hydrogens is 493 g/mol. The van der Waals surface area contributed by atoms with Gasteiger partial charge in [-0.3, -0.25) is 4.90 Å². The van der Waals surface area contributed by atoms with E-state index in [2.05, 4.69) is 21.6 Å². The molecule has 4 rings (SSSR count). The molecule has 0 radical (unpaired) electrons. The second-order valence-corrected chi connectivity index (χ2v) is 10.1. The van der Waals surface area contributed by atoms with Crippen LogP contribution >= 0.6 is 11.9 Å². The molecule has 0 aliphatic carbocycles. The second-order valence-electron chi connectivity index (χ2n) is 9.52. The molecule has 1 amide bonds. The molecule has 2 saturated heterocycles. The molecular formula is C24H33F3N6O2S. The summed E-state index contributed by atoms with van der Waals surface area (Å²) in [5, 5.41) is 4.27. The maximum absolute atomic E-state index is 13.4. The van der Waals surface area contributed by atoms with E-state index in [1.807, 2.05) is 18.2 Å². The van der Waals surface area contributed by atoms with E-state index >= 15 is 0 Å². The van der Waals surface area contributed by atoms with Crippen molar-refractivity contribution < 1.29 is 22.7 Å². The highest BCUT2D eigenvalue weighted by Gasteiger charge is 2.37. The van der Waals surface area contributed by atoms with Gasteiger partial charge in [0.25, 0.3) is 0 Å². The number of anilines is 2. The van der Waals surface area contributed by atoms with Crippen LogP contribution in [0.2, 0.25) is 0 Å². The average molecular weight is 527 g/mol. The van der Waals surface area contributed by atoms with Gasteiger partial charge in [-0.15, -0.1) is 5.10 Å². The number of hydrogen-bond acceptors (Lipinski definition) is 7. The Morgan fingerprint density at radius 3 is 2.53 bits per heavy atom. The van der Waals surface area contributed by atoms with Crippen LogP contribution in [0.25, 0.3) is 0 Å². The Morgan fingerprint density at radius 2 is 1.89 bits per heavy atom. The Labute approximate surface area is 213 Å². The molecule has 198 valence electrons. The molecule has 2 aliphatic heterocycles. The number of nitrogens with zero attached hydrogens (tertiary/aromatic N) is 5. The summed E-state index contributed by atoms with van der Waals surface area (Å²) in [6.07, 6.45) is 0.646. The van der Waals surface area contributed by atoms with Crippen molar-refractivity contribution in [2.75, 3.05) is 62.3 Å². The lowest BCUT2D eigenvalue weighted by molar-refractivity contribution is -0.137. The number of hydrogen-bond donors (Lipinski definition) is 1. The summed E-state index contributed by atoms with van der Waals surface area (Å²) in [6, 6.07) is 5.63. The number of likely N-dealkylation sites (tertiary alicyclic amines) is 1. The molecule has 1 N–H and O–H groups in total. The number of aromatic nitrogens is 2. The fourth-order valence-corrected chi connectivity index (χ4v) is 5.03. The van der Waals surface area contributed by atoms with E-state index in [-0.39, 0.29) is 11.6 Å². The molecule has 0 spiro atoms. The number of amides is 1. The summed E-state index contributed by atoms with van der Waals surface area (Å²) in [6.45, 7) is 5.94. The number of benzene rings is 1. The largest absolute Gasteiger partial charge is 0.416 e. The Balaban J connectivity index is 1.44. The molecule has 2 aliphatic rings. The highest BCUT2D eigenvalue weighted by molar-refractivity contribution is 7.99. The Morgan fingerprint density at radius 1 is 1.19 bits per heavy atom. The zero-order valence-corrected chi connectivity index (χ0v) is 21.7. The predicted molar refractivity (Wildman–Crippen MR) is 135 cm³/mol. The van der Waals surface area contributed by atoms with Crippen LogP contribution in [0.3, 0.4) is 0 Å². The minimum Gasteiger partial charge on any atom is -0.378 e. The summed E-state index contributed by atoms with van der Waals surface area (Å²) in [7, 11) is 2.01. The van der Waals surface area contributed by atoms with Gasteiger partial charge in [-0.25, -0.2) is 4.79 Å². The Kier molecular flexibility index (Phi) is 8.06. The quantitative estimate of drug-likeness (QED) is 0.561. The van der Waals surface area contributed by atoms with Gasteiger partial charge in [-0.1, -0.05) is 18.0 Å². The van der Waals surface area contributed by atoms with Crippen LogP contribution in [0.15, 0.2) is 30.5 Å². The van der Waals surface area contributed by atoms with Crippen molar-refractivity contribution in [3.8, 4) is 0 Å². The van der Waals surface area contributed by atoms with E-state index in [1.165, 1.54) is 28.8 Å². The Bertz CT molecular complexity index is 1050. The SMILES string of the molecule is CSNc1ccn(C(=O)N2CCC(C)(N(C)Cc3ccc(C(F)(F)F)cc3N3CCOCC3)CC2)n1. The summed E-state index contributed by atoms with van der Waals surface area (Å²) >= 11 is 1.41. The summed E-state index contributed by atoms with van der Waals surface area (Å²) < 4.78 is 50.1. The number of halogens is 3. The van der Waals surface area contributed by atoms with Crippen molar-refractivity contribution in [3.05, 3.63) is 41.6 Å². The van der Waals surface area contributed by atoms with Gasteiger partial charge in [0.1, 0.15) is 0 Å². The van der Waals surface area contributed by atoms with Crippen LogP contribution in [0.5, 0.6) is 0 Å². The number of ether oxygens (including phenoxy) is 1.